The number of fused-ring (bicyclic) bond motifs is 1. The number of hydrogen-bond acceptors (Lipinski definition) is 3. The van der Waals surface area contributed by atoms with Crippen molar-refractivity contribution in [2.24, 2.45) is 0 Å². The van der Waals surface area contributed by atoms with Gasteiger partial charge in [0.1, 0.15) is 11.3 Å². The van der Waals surface area contributed by atoms with Gasteiger partial charge < -0.3 is 4.74 Å². The molecule has 0 spiro atoms. The quantitative estimate of drug-likeness (QED) is 0.783. The lowest BCUT2D eigenvalue weighted by Gasteiger charge is -2.03. The van der Waals surface area contributed by atoms with E-state index in [-0.39, 0.29) is 0 Å². The lowest BCUT2D eigenvalue weighted by molar-refractivity contribution is 0.418. The van der Waals surface area contributed by atoms with Gasteiger partial charge in [-0.25, -0.2) is 9.97 Å². The van der Waals surface area contributed by atoms with Crippen LogP contribution in [0.25, 0.3) is 23.2 Å². The van der Waals surface area contributed by atoms with E-state index in [2.05, 4.69) is 23.0 Å². The van der Waals surface area contributed by atoms with Crippen molar-refractivity contribution in [3.05, 3.63) is 28.9 Å². The second-order valence-corrected chi connectivity index (χ2v) is 3.72. The zero-order valence-electron chi connectivity index (χ0n) is 10.4. The molecule has 0 saturated heterocycles. The van der Waals surface area contributed by atoms with Gasteiger partial charge in [-0.15, -0.1) is 0 Å². The first-order valence-corrected chi connectivity index (χ1v) is 5.77. The molecule has 1 aromatic carbocycles. The summed E-state index contributed by atoms with van der Waals surface area (Å²) in [4.78, 5) is 9.22. The zero-order valence-corrected chi connectivity index (χ0v) is 10.4. The lowest BCUT2D eigenvalue weighted by atomic mass is 10.2. The Morgan fingerprint density at radius 1 is 1.24 bits per heavy atom. The van der Waals surface area contributed by atoms with E-state index < -0.39 is 0 Å². The fraction of sp³-hybridized carbons (Fsp3) is 0.286. The molecule has 2 aromatic rings. The summed E-state index contributed by atoms with van der Waals surface area (Å²) in [5.41, 5.74) is 1.69. The highest BCUT2D eigenvalue weighted by molar-refractivity contribution is 5.80. The SMILES string of the molecule is C/C=c1/nc2cccc(OC)c2n/c1=C/CC. The van der Waals surface area contributed by atoms with Crippen molar-refractivity contribution in [2.75, 3.05) is 7.11 Å². The Morgan fingerprint density at radius 3 is 2.71 bits per heavy atom. The number of aromatic nitrogens is 2. The smallest absolute Gasteiger partial charge is 0.146 e. The van der Waals surface area contributed by atoms with Gasteiger partial charge in [-0.3, -0.25) is 0 Å². The highest BCUT2D eigenvalue weighted by Gasteiger charge is 2.03. The second-order valence-electron chi connectivity index (χ2n) is 3.72. The molecule has 3 heteroatoms. The molecule has 1 aromatic heterocycles. The van der Waals surface area contributed by atoms with Crippen molar-refractivity contribution >= 4 is 23.2 Å². The maximum absolute atomic E-state index is 5.31. The van der Waals surface area contributed by atoms with E-state index in [1.165, 1.54) is 0 Å². The molecule has 17 heavy (non-hydrogen) atoms. The monoisotopic (exact) mass is 228 g/mol. The van der Waals surface area contributed by atoms with Gasteiger partial charge in [-0.2, -0.15) is 0 Å². The van der Waals surface area contributed by atoms with Gasteiger partial charge in [0, 0.05) is 0 Å². The third-order valence-electron chi connectivity index (χ3n) is 2.60. The minimum atomic E-state index is 0.767. The van der Waals surface area contributed by atoms with Gasteiger partial charge in [-0.05, 0) is 25.5 Å². The Morgan fingerprint density at radius 2 is 2.06 bits per heavy atom. The van der Waals surface area contributed by atoms with Crippen molar-refractivity contribution in [2.45, 2.75) is 20.3 Å². The van der Waals surface area contributed by atoms with Gasteiger partial charge in [0.2, 0.25) is 0 Å². The molecule has 0 atom stereocenters. The summed E-state index contributed by atoms with van der Waals surface area (Å²) in [6.45, 7) is 4.07. The van der Waals surface area contributed by atoms with E-state index in [1.54, 1.807) is 7.11 Å². The molecule has 0 amide bonds. The van der Waals surface area contributed by atoms with Gasteiger partial charge >= 0.3 is 0 Å². The first kappa shape index (κ1) is 11.6. The summed E-state index contributed by atoms with van der Waals surface area (Å²) in [5, 5.41) is 1.85. The largest absolute Gasteiger partial charge is 0.494 e. The standard InChI is InChI=1S/C14H16N2O/c1-4-7-11-10(5-2)15-12-8-6-9-13(17-3)14(12)16-11/h5-9H,4H2,1-3H3/b10-5+,11-7+. The number of ether oxygens (including phenoxy) is 1. The zero-order chi connectivity index (χ0) is 12.3. The molecular weight excluding hydrogens is 212 g/mol. The van der Waals surface area contributed by atoms with Crippen LogP contribution < -0.4 is 15.4 Å². The molecule has 0 saturated carbocycles. The van der Waals surface area contributed by atoms with Crippen LogP contribution in [0.5, 0.6) is 5.75 Å². The fourth-order valence-electron chi connectivity index (χ4n) is 1.80. The third-order valence-corrected chi connectivity index (χ3v) is 2.60. The number of hydrogen-bond donors (Lipinski definition) is 0. The van der Waals surface area contributed by atoms with Crippen LogP contribution in [-0.4, -0.2) is 17.1 Å². The number of rotatable bonds is 2. The van der Waals surface area contributed by atoms with Crippen LogP contribution in [0.1, 0.15) is 20.3 Å². The van der Waals surface area contributed by atoms with Gasteiger partial charge in [0.25, 0.3) is 0 Å². The molecule has 3 nitrogen and oxygen atoms in total. The van der Waals surface area contributed by atoms with Crippen LogP contribution >= 0.6 is 0 Å². The second kappa shape index (κ2) is 4.95. The molecule has 0 N–H and O–H groups in total. The van der Waals surface area contributed by atoms with Gasteiger partial charge in [0.15, 0.2) is 0 Å². The number of benzene rings is 1. The predicted octanol–water partition coefficient (Wildman–Crippen LogP) is 1.63. The van der Waals surface area contributed by atoms with Crippen LogP contribution in [-0.2, 0) is 0 Å². The van der Waals surface area contributed by atoms with Crippen molar-refractivity contribution in [3.8, 4) is 5.75 Å². The number of nitrogens with zero attached hydrogens (tertiary/aromatic N) is 2. The Balaban J connectivity index is 2.89. The molecule has 0 unspecified atom stereocenters. The Bertz CT molecular complexity index is 647. The molecule has 1 heterocycles. The van der Waals surface area contributed by atoms with E-state index in [0.717, 1.165) is 33.9 Å². The Kier molecular flexibility index (Phi) is 3.38. The molecule has 2 rings (SSSR count). The van der Waals surface area contributed by atoms with Gasteiger partial charge in [-0.1, -0.05) is 25.1 Å². The molecule has 0 fully saturated rings. The van der Waals surface area contributed by atoms with E-state index >= 15 is 0 Å². The number of para-hydroxylation sites is 1. The van der Waals surface area contributed by atoms with E-state index in [4.69, 9.17) is 4.74 Å². The van der Waals surface area contributed by atoms with E-state index in [9.17, 15) is 0 Å². The molecule has 88 valence electrons. The summed E-state index contributed by atoms with van der Waals surface area (Å²) in [6.07, 6.45) is 5.00. The van der Waals surface area contributed by atoms with Crippen molar-refractivity contribution in [1.29, 1.82) is 0 Å². The maximum atomic E-state index is 5.31. The van der Waals surface area contributed by atoms with E-state index in [1.807, 2.05) is 31.2 Å². The summed E-state index contributed by atoms with van der Waals surface area (Å²) < 4.78 is 5.31. The highest BCUT2D eigenvalue weighted by atomic mass is 16.5. The van der Waals surface area contributed by atoms with Crippen LogP contribution in [0.2, 0.25) is 0 Å². The minimum absolute atomic E-state index is 0.767. The third kappa shape index (κ3) is 2.13. The normalized spacial score (nSPS) is 13.4. The predicted molar refractivity (Wildman–Crippen MR) is 70.2 cm³/mol. The molecule has 0 aliphatic carbocycles. The molecule has 0 aliphatic rings. The summed E-state index contributed by atoms with van der Waals surface area (Å²) in [6, 6.07) is 5.79. The Labute approximate surface area is 100 Å². The van der Waals surface area contributed by atoms with Crippen LogP contribution in [0.15, 0.2) is 18.2 Å². The van der Waals surface area contributed by atoms with Gasteiger partial charge in [0.05, 0.1) is 23.3 Å². The Hall–Kier alpha value is -1.90. The molecule has 0 aliphatic heterocycles. The lowest BCUT2D eigenvalue weighted by Crippen LogP contribution is -2.31. The van der Waals surface area contributed by atoms with Crippen LogP contribution in [0.4, 0.5) is 0 Å². The summed E-state index contributed by atoms with van der Waals surface area (Å²) in [5.74, 6) is 0.767. The fourth-order valence-corrected chi connectivity index (χ4v) is 1.80. The van der Waals surface area contributed by atoms with Crippen molar-refractivity contribution in [1.82, 2.24) is 9.97 Å². The highest BCUT2D eigenvalue weighted by Crippen LogP contribution is 2.19. The average Bonchev–Trinajstić information content (AvgIpc) is 2.37. The summed E-state index contributed by atoms with van der Waals surface area (Å²) >= 11 is 0. The topological polar surface area (TPSA) is 35.0 Å². The first-order chi connectivity index (χ1) is 8.30. The maximum Gasteiger partial charge on any atom is 0.146 e. The van der Waals surface area contributed by atoms with Crippen LogP contribution in [0, 0.1) is 0 Å². The average molecular weight is 228 g/mol. The molecule has 0 radical (unpaired) electrons. The summed E-state index contributed by atoms with van der Waals surface area (Å²) in [7, 11) is 1.65. The number of methoxy groups -OCH3 is 1. The van der Waals surface area contributed by atoms with E-state index in [0.29, 0.717) is 0 Å². The van der Waals surface area contributed by atoms with Crippen LogP contribution in [0.3, 0.4) is 0 Å². The minimum Gasteiger partial charge on any atom is -0.494 e. The van der Waals surface area contributed by atoms with Crippen molar-refractivity contribution < 1.29 is 4.74 Å². The molecule has 0 bridgehead atoms. The van der Waals surface area contributed by atoms with Crippen molar-refractivity contribution in [3.63, 3.8) is 0 Å². The molecular formula is C14H16N2O. The first-order valence-electron chi connectivity index (χ1n) is 5.77.